The molecule has 5 heteroatoms. The Hall–Kier alpha value is -7.63. The summed E-state index contributed by atoms with van der Waals surface area (Å²) in [4.78, 5) is 14.2. The maximum Gasteiger partial charge on any atom is 0.163 e. The van der Waals surface area contributed by atoms with Crippen LogP contribution in [0.1, 0.15) is 11.4 Å². The lowest BCUT2D eigenvalue weighted by atomic mass is 10.0. The summed E-state index contributed by atoms with van der Waals surface area (Å²) >= 11 is 0. The molecule has 0 spiro atoms. The molecule has 0 N–H and O–H groups in total. The van der Waals surface area contributed by atoms with Gasteiger partial charge in [-0.2, -0.15) is 0 Å². The summed E-state index contributed by atoms with van der Waals surface area (Å²) in [6.45, 7) is 4.11. The van der Waals surface area contributed by atoms with Gasteiger partial charge in [0.2, 0.25) is 0 Å². The average molecular weight is 744 g/mol. The van der Waals surface area contributed by atoms with Gasteiger partial charge < -0.3 is 9.13 Å². The second kappa shape index (κ2) is 13.5. The summed E-state index contributed by atoms with van der Waals surface area (Å²) < 4.78 is 4.78. The molecule has 274 valence electrons. The molecule has 0 aliphatic rings. The zero-order valence-electron chi connectivity index (χ0n) is 32.1. The number of aryl methyl sites for hydroxylation is 2. The molecule has 5 nitrogen and oxygen atoms in total. The lowest BCUT2D eigenvalue weighted by molar-refractivity contribution is 0.992. The molecule has 3 heterocycles. The summed E-state index contributed by atoms with van der Waals surface area (Å²) in [6.07, 6.45) is 0. The van der Waals surface area contributed by atoms with Crippen molar-refractivity contribution in [2.75, 3.05) is 0 Å². The SMILES string of the molecule is Cc1nc(-c2ccccc2)nc(-c2cccc(-c3ccc4c(c3)c3ccccc3n4-c3ccc(-c4ccc5c(c4)c4ccccc4n5-c4ccccc4C)cc3)c2)n1. The van der Waals surface area contributed by atoms with Crippen LogP contribution >= 0.6 is 0 Å². The number of para-hydroxylation sites is 3. The number of hydrogen-bond donors (Lipinski definition) is 0. The highest BCUT2D eigenvalue weighted by Gasteiger charge is 2.17. The van der Waals surface area contributed by atoms with Crippen LogP contribution in [0.4, 0.5) is 0 Å². The highest BCUT2D eigenvalue weighted by molar-refractivity contribution is 6.11. The molecule has 0 amide bonds. The first-order chi connectivity index (χ1) is 28.6. The number of aromatic nitrogens is 5. The van der Waals surface area contributed by atoms with Gasteiger partial charge in [0.05, 0.1) is 22.1 Å². The van der Waals surface area contributed by atoms with E-state index in [1.807, 2.05) is 37.3 Å². The van der Waals surface area contributed by atoms with Crippen LogP contribution in [0.3, 0.4) is 0 Å². The Bertz CT molecular complexity index is 3350. The van der Waals surface area contributed by atoms with Gasteiger partial charge in [-0.15, -0.1) is 0 Å². The predicted octanol–water partition coefficient (Wildman–Crippen LogP) is 13.4. The smallest absolute Gasteiger partial charge is 0.163 e. The van der Waals surface area contributed by atoms with E-state index >= 15 is 0 Å². The van der Waals surface area contributed by atoms with Gasteiger partial charge in [-0.05, 0) is 102 Å². The molecule has 0 saturated heterocycles. The van der Waals surface area contributed by atoms with Crippen molar-refractivity contribution in [1.82, 2.24) is 24.1 Å². The first-order valence-electron chi connectivity index (χ1n) is 19.7. The Labute approximate surface area is 336 Å². The van der Waals surface area contributed by atoms with Gasteiger partial charge >= 0.3 is 0 Å². The van der Waals surface area contributed by atoms with E-state index in [-0.39, 0.29) is 0 Å². The van der Waals surface area contributed by atoms with Crippen molar-refractivity contribution in [3.63, 3.8) is 0 Å². The molecule has 8 aromatic carbocycles. The van der Waals surface area contributed by atoms with Crippen LogP contribution in [-0.4, -0.2) is 24.1 Å². The minimum atomic E-state index is 0.670. The molecule has 0 bridgehead atoms. The van der Waals surface area contributed by atoms with E-state index in [0.717, 1.165) is 27.9 Å². The van der Waals surface area contributed by atoms with E-state index in [0.29, 0.717) is 17.5 Å². The van der Waals surface area contributed by atoms with Crippen molar-refractivity contribution in [1.29, 1.82) is 0 Å². The molecule has 0 aliphatic carbocycles. The van der Waals surface area contributed by atoms with E-state index in [1.54, 1.807) is 0 Å². The van der Waals surface area contributed by atoms with Crippen molar-refractivity contribution in [2.24, 2.45) is 0 Å². The summed E-state index contributed by atoms with van der Waals surface area (Å²) in [5.41, 5.74) is 14.9. The van der Waals surface area contributed by atoms with Gasteiger partial charge in [0.25, 0.3) is 0 Å². The number of benzene rings is 8. The van der Waals surface area contributed by atoms with Crippen LogP contribution < -0.4 is 0 Å². The molecule has 0 fully saturated rings. The van der Waals surface area contributed by atoms with Crippen LogP contribution in [0.25, 0.3) is 100 Å². The minimum Gasteiger partial charge on any atom is -0.309 e. The first-order valence-corrected chi connectivity index (χ1v) is 19.7. The van der Waals surface area contributed by atoms with Crippen molar-refractivity contribution >= 4 is 43.6 Å². The highest BCUT2D eigenvalue weighted by atomic mass is 15.0. The molecule has 0 radical (unpaired) electrons. The number of fused-ring (bicyclic) bond motifs is 6. The van der Waals surface area contributed by atoms with E-state index < -0.39 is 0 Å². The van der Waals surface area contributed by atoms with Gasteiger partial charge in [0.1, 0.15) is 5.82 Å². The maximum absolute atomic E-state index is 4.88. The second-order valence-electron chi connectivity index (χ2n) is 15.0. The summed E-state index contributed by atoms with van der Waals surface area (Å²) in [5, 5.41) is 4.94. The first kappa shape index (κ1) is 33.7. The Kier molecular flexibility index (Phi) is 7.86. The van der Waals surface area contributed by atoms with Crippen molar-refractivity contribution in [2.45, 2.75) is 13.8 Å². The number of rotatable bonds is 6. The van der Waals surface area contributed by atoms with E-state index in [2.05, 4.69) is 179 Å². The molecule has 58 heavy (non-hydrogen) atoms. The van der Waals surface area contributed by atoms with Gasteiger partial charge in [0.15, 0.2) is 11.6 Å². The third-order valence-electron chi connectivity index (χ3n) is 11.4. The lowest BCUT2D eigenvalue weighted by Gasteiger charge is -2.12. The molecule has 11 rings (SSSR count). The van der Waals surface area contributed by atoms with E-state index in [1.165, 1.54) is 66.0 Å². The molecule has 3 aromatic heterocycles. The minimum absolute atomic E-state index is 0.670. The monoisotopic (exact) mass is 743 g/mol. The molecule has 11 aromatic rings. The molecule has 0 saturated carbocycles. The quantitative estimate of drug-likeness (QED) is 0.170. The lowest BCUT2D eigenvalue weighted by Crippen LogP contribution is -1.99. The fraction of sp³-hybridized carbons (Fsp3) is 0.0377. The summed E-state index contributed by atoms with van der Waals surface area (Å²) in [5.74, 6) is 2.04. The molecular weight excluding hydrogens is 707 g/mol. The van der Waals surface area contributed by atoms with E-state index in [9.17, 15) is 0 Å². The van der Waals surface area contributed by atoms with E-state index in [4.69, 9.17) is 9.97 Å². The van der Waals surface area contributed by atoms with Gasteiger partial charge in [0, 0.05) is 44.0 Å². The van der Waals surface area contributed by atoms with Crippen molar-refractivity contribution in [3.05, 3.63) is 199 Å². The molecule has 0 atom stereocenters. The van der Waals surface area contributed by atoms with Crippen LogP contribution in [0.2, 0.25) is 0 Å². The fourth-order valence-corrected chi connectivity index (χ4v) is 8.63. The molecule has 0 aliphatic heterocycles. The fourth-order valence-electron chi connectivity index (χ4n) is 8.63. The van der Waals surface area contributed by atoms with Crippen LogP contribution in [0.5, 0.6) is 0 Å². The summed E-state index contributed by atoms with van der Waals surface area (Å²) in [6, 6.07) is 67.3. The second-order valence-corrected chi connectivity index (χ2v) is 15.0. The topological polar surface area (TPSA) is 48.5 Å². The number of hydrogen-bond acceptors (Lipinski definition) is 3. The standard InChI is InChI=1S/C53H37N5/c1-34-13-6-9-20-47(34)58-49-22-11-8-19-44(49)46-32-39(25-30-51(46)58)36-23-27-42(28-24-36)57-48-21-10-7-18-43(48)45-33-40(26-29-50(45)57)38-16-12-17-41(31-38)53-55-35(2)54-52(56-53)37-14-4-3-5-15-37/h3-33H,1-2H3. The zero-order valence-corrected chi connectivity index (χ0v) is 32.1. The highest BCUT2D eigenvalue weighted by Crippen LogP contribution is 2.38. The van der Waals surface area contributed by atoms with Gasteiger partial charge in [-0.1, -0.05) is 127 Å². The largest absolute Gasteiger partial charge is 0.309 e. The normalized spacial score (nSPS) is 11.6. The van der Waals surface area contributed by atoms with Crippen LogP contribution in [0, 0.1) is 13.8 Å². The Balaban J connectivity index is 0.964. The third-order valence-corrected chi connectivity index (χ3v) is 11.4. The third kappa shape index (κ3) is 5.59. The Morgan fingerprint density at radius 2 is 0.828 bits per heavy atom. The maximum atomic E-state index is 4.88. The zero-order chi connectivity index (χ0) is 38.7. The predicted molar refractivity (Wildman–Crippen MR) is 240 cm³/mol. The number of nitrogens with zero attached hydrogens (tertiary/aromatic N) is 5. The van der Waals surface area contributed by atoms with Crippen molar-refractivity contribution in [3.8, 4) is 56.4 Å². The van der Waals surface area contributed by atoms with Gasteiger partial charge in [-0.3, -0.25) is 0 Å². The molecular formula is C53H37N5. The average Bonchev–Trinajstić information content (AvgIpc) is 3.79. The molecule has 0 unspecified atom stereocenters. The van der Waals surface area contributed by atoms with Gasteiger partial charge in [-0.25, -0.2) is 15.0 Å². The summed E-state index contributed by atoms with van der Waals surface area (Å²) in [7, 11) is 0. The Morgan fingerprint density at radius 1 is 0.328 bits per heavy atom. The van der Waals surface area contributed by atoms with Crippen molar-refractivity contribution < 1.29 is 0 Å². The van der Waals surface area contributed by atoms with Crippen LogP contribution in [-0.2, 0) is 0 Å². The van der Waals surface area contributed by atoms with Crippen LogP contribution in [0.15, 0.2) is 188 Å². The Morgan fingerprint density at radius 3 is 1.53 bits per heavy atom.